The summed E-state index contributed by atoms with van der Waals surface area (Å²) in [6.07, 6.45) is 0.0378. The second-order valence-corrected chi connectivity index (χ2v) is 8.48. The first-order valence-corrected chi connectivity index (χ1v) is 11.3. The summed E-state index contributed by atoms with van der Waals surface area (Å²) >= 11 is 0. The quantitative estimate of drug-likeness (QED) is 0.343. The second kappa shape index (κ2) is 10.4. The van der Waals surface area contributed by atoms with E-state index in [1.165, 1.54) is 0 Å². The maximum absolute atomic E-state index is 12.6. The van der Waals surface area contributed by atoms with E-state index in [9.17, 15) is 14.4 Å². The molecule has 0 aromatic heterocycles. The molecule has 1 atom stereocenters. The van der Waals surface area contributed by atoms with Crippen LogP contribution in [0.1, 0.15) is 27.9 Å². The predicted molar refractivity (Wildman–Crippen MR) is 131 cm³/mol. The van der Waals surface area contributed by atoms with Gasteiger partial charge in [-0.1, -0.05) is 24.3 Å². The van der Waals surface area contributed by atoms with Crippen LogP contribution in [0.5, 0.6) is 17.2 Å². The average Bonchev–Trinajstić information content (AvgIpc) is 3.26. The van der Waals surface area contributed by atoms with Gasteiger partial charge in [0, 0.05) is 24.2 Å². The Labute approximate surface area is 204 Å². The molecule has 3 aromatic rings. The molecule has 0 aliphatic carbocycles. The van der Waals surface area contributed by atoms with Gasteiger partial charge in [0.2, 0.25) is 5.91 Å². The summed E-state index contributed by atoms with van der Waals surface area (Å²) in [5, 5.41) is 0. The van der Waals surface area contributed by atoms with Gasteiger partial charge in [-0.15, -0.1) is 0 Å². The molecule has 1 saturated heterocycles. The number of methoxy groups -OCH3 is 1. The molecule has 0 spiro atoms. The van der Waals surface area contributed by atoms with E-state index < -0.39 is 11.9 Å². The fourth-order valence-corrected chi connectivity index (χ4v) is 3.89. The first-order valence-electron chi connectivity index (χ1n) is 11.3. The lowest BCUT2D eigenvalue weighted by Gasteiger charge is -2.17. The van der Waals surface area contributed by atoms with Crippen molar-refractivity contribution in [2.75, 3.05) is 25.2 Å². The summed E-state index contributed by atoms with van der Waals surface area (Å²) in [7, 11) is 1.57. The van der Waals surface area contributed by atoms with Crippen LogP contribution < -0.4 is 14.4 Å². The molecule has 0 unspecified atom stereocenters. The van der Waals surface area contributed by atoms with Gasteiger partial charge in [0.25, 0.3) is 0 Å². The summed E-state index contributed by atoms with van der Waals surface area (Å²) in [4.78, 5) is 39.1. The molecule has 1 fully saturated rings. The van der Waals surface area contributed by atoms with E-state index in [0.29, 0.717) is 28.5 Å². The van der Waals surface area contributed by atoms with Gasteiger partial charge in [-0.2, -0.15) is 0 Å². The van der Waals surface area contributed by atoms with Gasteiger partial charge in [-0.25, -0.2) is 0 Å². The zero-order valence-electron chi connectivity index (χ0n) is 19.9. The first kappa shape index (κ1) is 24.0. The third kappa shape index (κ3) is 5.51. The Morgan fingerprint density at radius 3 is 2.34 bits per heavy atom. The van der Waals surface area contributed by atoms with Crippen LogP contribution in [0.15, 0.2) is 66.7 Å². The zero-order valence-corrected chi connectivity index (χ0v) is 19.9. The van der Waals surface area contributed by atoms with Crippen LogP contribution in [0.2, 0.25) is 0 Å². The summed E-state index contributed by atoms with van der Waals surface area (Å²) in [6, 6.07) is 19.7. The highest BCUT2D eigenvalue weighted by atomic mass is 16.5. The minimum atomic E-state index is -0.625. The molecule has 7 nitrogen and oxygen atoms in total. The number of nitrogens with zero attached hydrogens (tertiary/aromatic N) is 1. The highest BCUT2D eigenvalue weighted by Gasteiger charge is 2.36. The van der Waals surface area contributed by atoms with Gasteiger partial charge in [-0.05, 0) is 67.4 Å². The lowest BCUT2D eigenvalue weighted by atomic mass is 10.0. The maximum atomic E-state index is 12.6. The number of rotatable bonds is 8. The number of carbonyl (C=O) groups is 3. The van der Waals surface area contributed by atoms with E-state index in [0.717, 1.165) is 11.1 Å². The molecule has 4 rings (SSSR count). The number of hydrogen-bond donors (Lipinski definition) is 0. The van der Waals surface area contributed by atoms with Gasteiger partial charge in [0.1, 0.15) is 5.75 Å². The molecule has 0 bridgehead atoms. The second-order valence-electron chi connectivity index (χ2n) is 8.48. The number of ketones is 1. The first-order chi connectivity index (χ1) is 16.9. The number of benzene rings is 3. The molecule has 1 amide bonds. The molecule has 7 heteroatoms. The van der Waals surface area contributed by atoms with E-state index in [1.807, 2.05) is 32.0 Å². The normalized spacial score (nSPS) is 15.1. The van der Waals surface area contributed by atoms with Crippen molar-refractivity contribution in [1.82, 2.24) is 0 Å². The fraction of sp³-hybridized carbons (Fsp3) is 0.250. The van der Waals surface area contributed by atoms with Crippen LogP contribution in [0.25, 0.3) is 0 Å². The van der Waals surface area contributed by atoms with Gasteiger partial charge >= 0.3 is 5.97 Å². The zero-order chi connectivity index (χ0) is 24.9. The van der Waals surface area contributed by atoms with Crippen LogP contribution in [0.3, 0.4) is 0 Å². The van der Waals surface area contributed by atoms with Gasteiger partial charge in [0.15, 0.2) is 23.9 Å². The van der Waals surface area contributed by atoms with Crippen LogP contribution >= 0.6 is 0 Å². The summed E-state index contributed by atoms with van der Waals surface area (Å²) in [5.41, 5.74) is 3.24. The van der Waals surface area contributed by atoms with E-state index in [4.69, 9.17) is 14.2 Å². The molecule has 1 heterocycles. The van der Waals surface area contributed by atoms with E-state index in [2.05, 4.69) is 0 Å². The molecule has 0 saturated carbocycles. The average molecular weight is 474 g/mol. The molecule has 1 aliphatic heterocycles. The number of anilines is 1. The Hall–Kier alpha value is -4.13. The largest absolute Gasteiger partial charge is 0.493 e. The SMILES string of the molecule is COc1ccccc1Oc1ccc(N2C[C@H](C(=O)OCC(=O)c3ccc(C)c(C)c3)CC2=O)cc1. The van der Waals surface area contributed by atoms with Crippen molar-refractivity contribution in [2.24, 2.45) is 5.92 Å². The van der Waals surface area contributed by atoms with Gasteiger partial charge in [0.05, 0.1) is 13.0 Å². The molecular weight excluding hydrogens is 446 g/mol. The third-order valence-electron chi connectivity index (χ3n) is 6.08. The molecule has 0 radical (unpaired) electrons. The van der Waals surface area contributed by atoms with Crippen molar-refractivity contribution < 1.29 is 28.6 Å². The number of ether oxygens (including phenoxy) is 3. The maximum Gasteiger partial charge on any atom is 0.311 e. The monoisotopic (exact) mass is 473 g/mol. The van der Waals surface area contributed by atoms with Gasteiger partial charge < -0.3 is 19.1 Å². The highest BCUT2D eigenvalue weighted by Crippen LogP contribution is 2.33. The molecule has 1 aliphatic rings. The van der Waals surface area contributed by atoms with E-state index in [-0.39, 0.29) is 31.3 Å². The van der Waals surface area contributed by atoms with Crippen LogP contribution in [0.4, 0.5) is 5.69 Å². The van der Waals surface area contributed by atoms with Crippen molar-refractivity contribution in [1.29, 1.82) is 0 Å². The minimum absolute atomic E-state index is 0.0378. The summed E-state index contributed by atoms with van der Waals surface area (Å²) in [5.74, 6) is 0.167. The van der Waals surface area contributed by atoms with Crippen LogP contribution in [0, 0.1) is 19.8 Å². The Morgan fingerprint density at radius 2 is 1.66 bits per heavy atom. The summed E-state index contributed by atoms with van der Waals surface area (Å²) < 4.78 is 16.4. The smallest absolute Gasteiger partial charge is 0.311 e. The number of aryl methyl sites for hydroxylation is 2. The minimum Gasteiger partial charge on any atom is -0.493 e. The number of hydrogen-bond acceptors (Lipinski definition) is 6. The lowest BCUT2D eigenvalue weighted by molar-refractivity contribution is -0.147. The number of Topliss-reactive ketones (excluding diaryl/α,β-unsaturated/α-hetero) is 1. The Balaban J connectivity index is 1.34. The number of amides is 1. The van der Waals surface area contributed by atoms with E-state index in [1.54, 1.807) is 60.5 Å². The number of esters is 1. The third-order valence-corrected chi connectivity index (χ3v) is 6.08. The van der Waals surface area contributed by atoms with Crippen LogP contribution in [-0.2, 0) is 14.3 Å². The fourth-order valence-electron chi connectivity index (χ4n) is 3.89. The topological polar surface area (TPSA) is 82.1 Å². The predicted octanol–water partition coefficient (Wildman–Crippen LogP) is 4.88. The molecule has 180 valence electrons. The van der Waals surface area contributed by atoms with Crippen molar-refractivity contribution in [3.63, 3.8) is 0 Å². The van der Waals surface area contributed by atoms with Crippen LogP contribution in [-0.4, -0.2) is 37.9 Å². The Bertz CT molecular complexity index is 1250. The van der Waals surface area contributed by atoms with Crippen molar-refractivity contribution in [2.45, 2.75) is 20.3 Å². The van der Waals surface area contributed by atoms with Crippen molar-refractivity contribution >= 4 is 23.3 Å². The number of para-hydroxylation sites is 2. The number of carbonyl (C=O) groups excluding carboxylic acids is 3. The molecule has 3 aromatic carbocycles. The van der Waals surface area contributed by atoms with Crippen molar-refractivity contribution in [3.05, 3.63) is 83.4 Å². The Morgan fingerprint density at radius 1 is 0.943 bits per heavy atom. The van der Waals surface area contributed by atoms with E-state index >= 15 is 0 Å². The molecule has 0 N–H and O–H groups in total. The van der Waals surface area contributed by atoms with Gasteiger partial charge in [-0.3, -0.25) is 14.4 Å². The highest BCUT2D eigenvalue weighted by molar-refractivity contribution is 6.01. The molecule has 35 heavy (non-hydrogen) atoms. The molecular formula is C28H27NO6. The summed E-state index contributed by atoms with van der Waals surface area (Å²) in [6.45, 7) is 3.74. The lowest BCUT2D eigenvalue weighted by Crippen LogP contribution is -2.27. The standard InChI is InChI=1S/C28H27NO6/c1-18-8-9-20(14-19(18)2)24(30)17-34-28(32)21-15-27(31)29(16-21)22-10-12-23(13-11-22)35-26-7-5-4-6-25(26)33-3/h4-14,21H,15-17H2,1-3H3/t21-/m1/s1. The Kier molecular flexibility index (Phi) is 7.15. The van der Waals surface area contributed by atoms with Crippen molar-refractivity contribution in [3.8, 4) is 17.2 Å².